The average Bonchev–Trinajstić information content (AvgIpc) is 2.87. The van der Waals surface area contributed by atoms with Crippen molar-refractivity contribution in [3.8, 4) is 0 Å². The fraction of sp³-hybridized carbons (Fsp3) is 0.500. The van der Waals surface area contributed by atoms with Crippen LogP contribution in [-0.4, -0.2) is 33.9 Å². The molecule has 1 aliphatic rings. The number of aromatic nitrogens is 1. The summed E-state index contributed by atoms with van der Waals surface area (Å²) < 4.78 is 0. The van der Waals surface area contributed by atoms with Crippen LogP contribution in [0.5, 0.6) is 0 Å². The van der Waals surface area contributed by atoms with Crippen molar-refractivity contribution in [2.24, 2.45) is 0 Å². The molecule has 0 saturated heterocycles. The van der Waals surface area contributed by atoms with Crippen LogP contribution in [0.25, 0.3) is 10.9 Å². The summed E-state index contributed by atoms with van der Waals surface area (Å²) in [5.74, 6) is 0. The first-order chi connectivity index (χ1) is 9.67. The second-order valence-corrected chi connectivity index (χ2v) is 6.03. The molecule has 1 unspecified atom stereocenters. The Morgan fingerprint density at radius 2 is 2.05 bits per heavy atom. The van der Waals surface area contributed by atoms with Crippen molar-refractivity contribution in [1.29, 1.82) is 0 Å². The maximum absolute atomic E-state index is 9.47. The lowest BCUT2D eigenvalue weighted by Crippen LogP contribution is -2.51. The Hall–Kier alpha value is -1.36. The lowest BCUT2D eigenvalue weighted by atomic mass is 9.89. The summed E-state index contributed by atoms with van der Waals surface area (Å²) >= 11 is 0. The fourth-order valence-electron chi connectivity index (χ4n) is 3.12. The third kappa shape index (κ3) is 2.24. The zero-order valence-electron chi connectivity index (χ0n) is 11.8. The Morgan fingerprint density at radius 3 is 2.80 bits per heavy atom. The maximum atomic E-state index is 9.47. The summed E-state index contributed by atoms with van der Waals surface area (Å²) in [6, 6.07) is 8.53. The molecule has 1 atom stereocenters. The number of hydrogen-bond donors (Lipinski definition) is 4. The second kappa shape index (κ2) is 5.20. The zero-order valence-corrected chi connectivity index (χ0v) is 11.8. The minimum Gasteiger partial charge on any atom is -0.394 e. The highest BCUT2D eigenvalue weighted by atomic mass is 16.3. The van der Waals surface area contributed by atoms with Crippen LogP contribution < -0.4 is 5.32 Å². The normalized spacial score (nSPS) is 19.2. The largest absolute Gasteiger partial charge is 0.394 e. The number of aliphatic hydroxyl groups is 2. The number of aryl methyl sites for hydroxylation is 1. The molecule has 20 heavy (non-hydrogen) atoms. The molecule has 0 amide bonds. The summed E-state index contributed by atoms with van der Waals surface area (Å²) in [6.45, 7) is 1.70. The van der Waals surface area contributed by atoms with Crippen molar-refractivity contribution in [1.82, 2.24) is 10.3 Å². The van der Waals surface area contributed by atoms with Crippen molar-refractivity contribution < 1.29 is 10.2 Å². The van der Waals surface area contributed by atoms with Gasteiger partial charge in [0.1, 0.15) is 0 Å². The molecule has 0 radical (unpaired) electrons. The molecule has 3 rings (SSSR count). The van der Waals surface area contributed by atoms with Crippen molar-refractivity contribution in [3.05, 3.63) is 35.5 Å². The van der Waals surface area contributed by atoms with Gasteiger partial charge in [0, 0.05) is 22.6 Å². The van der Waals surface area contributed by atoms with E-state index in [1.807, 2.05) is 13.0 Å². The highest BCUT2D eigenvalue weighted by Gasteiger charge is 2.31. The quantitative estimate of drug-likeness (QED) is 0.688. The predicted octanol–water partition coefficient (Wildman–Crippen LogP) is 1.88. The van der Waals surface area contributed by atoms with Gasteiger partial charge in [0.05, 0.1) is 18.8 Å². The number of rotatable bonds is 4. The van der Waals surface area contributed by atoms with E-state index in [0.29, 0.717) is 0 Å². The van der Waals surface area contributed by atoms with Crippen molar-refractivity contribution in [3.63, 3.8) is 0 Å². The number of hydrogen-bond acceptors (Lipinski definition) is 3. The van der Waals surface area contributed by atoms with Gasteiger partial charge in [0.25, 0.3) is 0 Å². The number of para-hydroxylation sites is 1. The van der Waals surface area contributed by atoms with E-state index in [1.54, 1.807) is 0 Å². The fourth-order valence-corrected chi connectivity index (χ4v) is 3.12. The first kappa shape index (κ1) is 13.6. The first-order valence-electron chi connectivity index (χ1n) is 7.26. The Balaban J connectivity index is 1.98. The molecule has 4 nitrogen and oxygen atoms in total. The number of benzene rings is 1. The van der Waals surface area contributed by atoms with Gasteiger partial charge in [-0.05, 0) is 37.8 Å². The molecule has 0 spiro atoms. The molecule has 1 aromatic carbocycles. The SMILES string of the molecule is CC(CO)(CO)NC1CCCc2c1[nH]c1ccccc21. The molecule has 4 heteroatoms. The number of fused-ring (bicyclic) bond motifs is 3. The number of nitrogens with one attached hydrogen (secondary N) is 2. The molecule has 1 aromatic heterocycles. The van der Waals surface area contributed by atoms with E-state index >= 15 is 0 Å². The first-order valence-corrected chi connectivity index (χ1v) is 7.26. The van der Waals surface area contributed by atoms with Crippen LogP contribution >= 0.6 is 0 Å². The molecule has 0 aliphatic heterocycles. The summed E-state index contributed by atoms with van der Waals surface area (Å²) in [7, 11) is 0. The maximum Gasteiger partial charge on any atom is 0.0633 e. The summed E-state index contributed by atoms with van der Waals surface area (Å²) in [5, 5.41) is 23.7. The molecule has 0 saturated carbocycles. The summed E-state index contributed by atoms with van der Waals surface area (Å²) in [6.07, 6.45) is 3.24. The lowest BCUT2D eigenvalue weighted by Gasteiger charge is -2.34. The van der Waals surface area contributed by atoms with Gasteiger partial charge < -0.3 is 15.2 Å². The second-order valence-electron chi connectivity index (χ2n) is 6.03. The third-order valence-electron chi connectivity index (χ3n) is 4.34. The van der Waals surface area contributed by atoms with Gasteiger partial charge in [0.15, 0.2) is 0 Å². The Labute approximate surface area is 118 Å². The number of aromatic amines is 1. The van der Waals surface area contributed by atoms with Gasteiger partial charge in [-0.15, -0.1) is 0 Å². The minimum atomic E-state index is -0.642. The summed E-state index contributed by atoms with van der Waals surface area (Å²) in [5.41, 5.74) is 3.12. The van der Waals surface area contributed by atoms with Gasteiger partial charge in [-0.2, -0.15) is 0 Å². The van der Waals surface area contributed by atoms with Crippen LogP contribution in [0.3, 0.4) is 0 Å². The van der Waals surface area contributed by atoms with Crippen LogP contribution in [0.15, 0.2) is 24.3 Å². The highest BCUT2D eigenvalue weighted by molar-refractivity contribution is 5.85. The Morgan fingerprint density at radius 1 is 1.30 bits per heavy atom. The number of aliphatic hydroxyl groups excluding tert-OH is 2. The van der Waals surface area contributed by atoms with Gasteiger partial charge in [0.2, 0.25) is 0 Å². The molecular formula is C16H22N2O2. The molecule has 1 aliphatic carbocycles. The Bertz CT molecular complexity index is 602. The predicted molar refractivity (Wildman–Crippen MR) is 79.7 cm³/mol. The van der Waals surface area contributed by atoms with E-state index in [2.05, 4.69) is 28.5 Å². The van der Waals surface area contributed by atoms with E-state index in [-0.39, 0.29) is 19.3 Å². The van der Waals surface area contributed by atoms with Gasteiger partial charge in [-0.25, -0.2) is 0 Å². The highest BCUT2D eigenvalue weighted by Crippen LogP contribution is 2.35. The third-order valence-corrected chi connectivity index (χ3v) is 4.34. The smallest absolute Gasteiger partial charge is 0.0633 e. The van der Waals surface area contributed by atoms with E-state index < -0.39 is 5.54 Å². The zero-order chi connectivity index (χ0) is 14.2. The van der Waals surface area contributed by atoms with Crippen LogP contribution in [0.4, 0.5) is 0 Å². The molecular weight excluding hydrogens is 252 g/mol. The van der Waals surface area contributed by atoms with E-state index in [4.69, 9.17) is 0 Å². The van der Waals surface area contributed by atoms with Crippen molar-refractivity contribution in [2.45, 2.75) is 37.8 Å². The van der Waals surface area contributed by atoms with Crippen LogP contribution in [0, 0.1) is 0 Å². The van der Waals surface area contributed by atoms with Crippen LogP contribution in [0.2, 0.25) is 0 Å². The van der Waals surface area contributed by atoms with Gasteiger partial charge in [-0.3, -0.25) is 5.32 Å². The minimum absolute atomic E-state index is 0.0738. The van der Waals surface area contributed by atoms with Gasteiger partial charge in [-0.1, -0.05) is 18.2 Å². The molecule has 4 N–H and O–H groups in total. The standard InChI is InChI=1S/C16H22N2O2/c1-16(9-19,10-20)18-14-8-4-6-12-11-5-2-3-7-13(11)17-15(12)14/h2-3,5,7,14,17-20H,4,6,8-10H2,1H3. The number of H-pyrrole nitrogens is 1. The topological polar surface area (TPSA) is 68.3 Å². The van der Waals surface area contributed by atoms with Crippen molar-refractivity contribution in [2.75, 3.05) is 13.2 Å². The monoisotopic (exact) mass is 274 g/mol. The molecule has 108 valence electrons. The molecule has 0 bridgehead atoms. The van der Waals surface area contributed by atoms with Crippen LogP contribution in [-0.2, 0) is 6.42 Å². The van der Waals surface area contributed by atoms with Crippen molar-refractivity contribution >= 4 is 10.9 Å². The van der Waals surface area contributed by atoms with Crippen LogP contribution in [0.1, 0.15) is 37.1 Å². The van der Waals surface area contributed by atoms with E-state index in [9.17, 15) is 10.2 Å². The van der Waals surface area contributed by atoms with E-state index in [1.165, 1.54) is 22.2 Å². The summed E-state index contributed by atoms with van der Waals surface area (Å²) in [4.78, 5) is 3.51. The molecule has 2 aromatic rings. The van der Waals surface area contributed by atoms with Gasteiger partial charge >= 0.3 is 0 Å². The molecule has 1 heterocycles. The van der Waals surface area contributed by atoms with E-state index in [0.717, 1.165) is 19.3 Å². The Kier molecular flexibility index (Phi) is 3.54. The molecule has 0 fully saturated rings. The average molecular weight is 274 g/mol. The lowest BCUT2D eigenvalue weighted by molar-refractivity contribution is 0.0910.